The van der Waals surface area contributed by atoms with E-state index >= 15 is 0 Å². The first kappa shape index (κ1) is 31.6. The number of aryl methyl sites for hydroxylation is 1. The Morgan fingerprint density at radius 1 is 1.13 bits per heavy atom. The smallest absolute Gasteiger partial charge is 0.305 e. The van der Waals surface area contributed by atoms with Gasteiger partial charge >= 0.3 is 5.97 Å². The fourth-order valence-electron chi connectivity index (χ4n) is 4.18. The third-order valence-electron chi connectivity index (χ3n) is 6.47. The zero-order valence-corrected chi connectivity index (χ0v) is 23.3. The number of aromatic nitrogens is 4. The summed E-state index contributed by atoms with van der Waals surface area (Å²) < 4.78 is 5.86. The highest BCUT2D eigenvalue weighted by molar-refractivity contribution is 5.93. The maximum Gasteiger partial charge on any atom is 0.305 e. The minimum atomic E-state index is -1.21. The summed E-state index contributed by atoms with van der Waals surface area (Å²) in [5, 5.41) is 22.3. The Balaban J connectivity index is 2.04. The standard InChI is InChI=1S/C26H41N7O6/c1-5-7-8-9-10-11-13-32(4)17-22(34)19(15-23(35)36)29-25(37)21(6-2)33-14-12-27-24(26(33)38)28-16-20-18(3)30-39-31-20/h12,14,19,21H,5-11,13,15-17H2,1-4H3,(H,27,28)(H,29,37)(H,35,36). The van der Waals surface area contributed by atoms with Gasteiger partial charge in [0.1, 0.15) is 17.4 Å². The molecule has 0 saturated carbocycles. The number of carbonyl (C=O) groups is 3. The number of carboxylic acids is 1. The molecule has 0 aliphatic carbocycles. The van der Waals surface area contributed by atoms with Gasteiger partial charge in [-0.1, -0.05) is 56.3 Å². The Morgan fingerprint density at radius 2 is 1.85 bits per heavy atom. The molecule has 13 heteroatoms. The summed E-state index contributed by atoms with van der Waals surface area (Å²) in [5.41, 5.74) is 0.526. The van der Waals surface area contributed by atoms with Crippen LogP contribution in [0.25, 0.3) is 0 Å². The molecule has 1 amide bonds. The van der Waals surface area contributed by atoms with Crippen LogP contribution in [0.3, 0.4) is 0 Å². The average molecular weight is 548 g/mol. The number of nitrogens with zero attached hydrogens (tertiary/aromatic N) is 5. The van der Waals surface area contributed by atoms with E-state index in [0.29, 0.717) is 17.9 Å². The third-order valence-corrected chi connectivity index (χ3v) is 6.47. The third kappa shape index (κ3) is 10.2. The number of anilines is 1. The van der Waals surface area contributed by atoms with Gasteiger partial charge in [-0.3, -0.25) is 28.6 Å². The molecule has 0 bridgehead atoms. The molecule has 0 aliphatic rings. The molecule has 2 heterocycles. The van der Waals surface area contributed by atoms with Crippen LogP contribution in [0.15, 0.2) is 21.8 Å². The first-order chi connectivity index (χ1) is 18.7. The van der Waals surface area contributed by atoms with Crippen molar-refractivity contribution in [3.8, 4) is 0 Å². The fraction of sp³-hybridized carbons (Fsp3) is 0.654. The molecule has 0 radical (unpaired) electrons. The Morgan fingerprint density at radius 3 is 2.49 bits per heavy atom. The maximum absolute atomic E-state index is 13.2. The highest BCUT2D eigenvalue weighted by Gasteiger charge is 2.29. The first-order valence-electron chi connectivity index (χ1n) is 13.5. The topological polar surface area (TPSA) is 173 Å². The predicted octanol–water partition coefficient (Wildman–Crippen LogP) is 2.32. The van der Waals surface area contributed by atoms with Crippen molar-refractivity contribution >= 4 is 23.5 Å². The fourth-order valence-corrected chi connectivity index (χ4v) is 4.18. The van der Waals surface area contributed by atoms with Crippen LogP contribution in [0.5, 0.6) is 0 Å². The lowest BCUT2D eigenvalue weighted by Gasteiger charge is -2.24. The molecule has 0 saturated heterocycles. The number of ketones is 1. The van der Waals surface area contributed by atoms with E-state index in [-0.39, 0.29) is 25.3 Å². The zero-order valence-electron chi connectivity index (χ0n) is 23.3. The number of carboxylic acid groups (broad SMARTS) is 1. The maximum atomic E-state index is 13.2. The first-order valence-corrected chi connectivity index (χ1v) is 13.5. The largest absolute Gasteiger partial charge is 0.481 e. The zero-order chi connectivity index (χ0) is 28.8. The van der Waals surface area contributed by atoms with Crippen LogP contribution in [0, 0.1) is 6.92 Å². The second kappa shape index (κ2) is 16.4. The molecule has 3 N–H and O–H groups in total. The van der Waals surface area contributed by atoms with Crippen molar-refractivity contribution in [3.05, 3.63) is 34.1 Å². The van der Waals surface area contributed by atoms with Crippen molar-refractivity contribution in [3.63, 3.8) is 0 Å². The lowest BCUT2D eigenvalue weighted by molar-refractivity contribution is -0.140. The van der Waals surface area contributed by atoms with Crippen molar-refractivity contribution in [2.75, 3.05) is 25.5 Å². The molecule has 0 spiro atoms. The monoisotopic (exact) mass is 547 g/mol. The molecule has 13 nitrogen and oxygen atoms in total. The van der Waals surface area contributed by atoms with Gasteiger partial charge in [0.15, 0.2) is 11.6 Å². The molecule has 2 aromatic rings. The number of amides is 1. The van der Waals surface area contributed by atoms with Gasteiger partial charge in [-0.25, -0.2) is 9.61 Å². The van der Waals surface area contributed by atoms with Crippen LogP contribution in [-0.4, -0.2) is 73.7 Å². The van der Waals surface area contributed by atoms with Crippen LogP contribution in [0.2, 0.25) is 0 Å². The van der Waals surface area contributed by atoms with Crippen LogP contribution >= 0.6 is 0 Å². The molecule has 2 atom stereocenters. The number of likely N-dealkylation sites (N-methyl/N-ethyl adjacent to an activating group) is 1. The lowest BCUT2D eigenvalue weighted by atomic mass is 10.1. The van der Waals surface area contributed by atoms with Gasteiger partial charge in [0, 0.05) is 12.4 Å². The molecule has 0 fully saturated rings. The van der Waals surface area contributed by atoms with E-state index in [1.807, 2.05) is 4.90 Å². The van der Waals surface area contributed by atoms with Crippen LogP contribution in [-0.2, 0) is 20.9 Å². The molecule has 0 aromatic carbocycles. The number of unbranched alkanes of at least 4 members (excludes halogenated alkanes) is 5. The molecule has 0 aliphatic heterocycles. The number of rotatable bonds is 19. The second-order valence-electron chi connectivity index (χ2n) is 9.69. The number of nitrogens with one attached hydrogen (secondary N) is 2. The molecular formula is C26H41N7O6. The van der Waals surface area contributed by atoms with E-state index < -0.39 is 41.7 Å². The minimum absolute atomic E-state index is 0.000584. The molecule has 2 aromatic heterocycles. The summed E-state index contributed by atoms with van der Waals surface area (Å²) in [7, 11) is 1.81. The van der Waals surface area contributed by atoms with E-state index in [4.69, 9.17) is 0 Å². The molecule has 39 heavy (non-hydrogen) atoms. The summed E-state index contributed by atoms with van der Waals surface area (Å²) in [6.45, 7) is 6.46. The van der Waals surface area contributed by atoms with E-state index in [1.54, 1.807) is 20.9 Å². The Hall–Kier alpha value is -3.61. The van der Waals surface area contributed by atoms with Crippen LogP contribution in [0.4, 0.5) is 5.82 Å². The number of Topliss-reactive ketones (excluding diaryl/α,β-unsaturated/α-hetero) is 1. The van der Waals surface area contributed by atoms with Gasteiger partial charge in [0.25, 0.3) is 5.56 Å². The van der Waals surface area contributed by atoms with E-state index in [9.17, 15) is 24.3 Å². The van der Waals surface area contributed by atoms with E-state index in [2.05, 4.69) is 37.5 Å². The normalized spacial score (nSPS) is 12.7. The Labute approximate surface area is 228 Å². The molecule has 2 rings (SSSR count). The van der Waals surface area contributed by atoms with Gasteiger partial charge < -0.3 is 15.7 Å². The summed E-state index contributed by atoms with van der Waals surface area (Å²) in [6.07, 6.45) is 9.19. The van der Waals surface area contributed by atoms with Gasteiger partial charge in [-0.15, -0.1) is 0 Å². The number of carbonyl (C=O) groups excluding carboxylic acids is 2. The van der Waals surface area contributed by atoms with Gasteiger partial charge in [0.2, 0.25) is 5.91 Å². The quantitative estimate of drug-likeness (QED) is 0.220. The number of hydrogen-bond donors (Lipinski definition) is 3. The SMILES string of the molecule is CCCCCCCCN(C)CC(=O)C(CC(=O)O)NC(=O)C(CC)n1ccnc(NCc2nonc2C)c1=O. The van der Waals surface area contributed by atoms with E-state index in [1.165, 1.54) is 36.2 Å². The van der Waals surface area contributed by atoms with Crippen molar-refractivity contribution in [1.82, 2.24) is 30.1 Å². The lowest BCUT2D eigenvalue weighted by Crippen LogP contribution is -2.49. The molecule has 2 unspecified atom stereocenters. The average Bonchev–Trinajstić information content (AvgIpc) is 3.30. The van der Waals surface area contributed by atoms with Crippen LogP contribution in [0.1, 0.15) is 82.6 Å². The van der Waals surface area contributed by atoms with Gasteiger partial charge in [-0.2, -0.15) is 0 Å². The summed E-state index contributed by atoms with van der Waals surface area (Å²) in [6, 6.07) is -2.18. The van der Waals surface area contributed by atoms with E-state index in [0.717, 1.165) is 19.3 Å². The highest BCUT2D eigenvalue weighted by Crippen LogP contribution is 2.12. The second-order valence-corrected chi connectivity index (χ2v) is 9.69. The molecular weight excluding hydrogens is 506 g/mol. The summed E-state index contributed by atoms with van der Waals surface area (Å²) >= 11 is 0. The number of hydrogen-bond acceptors (Lipinski definition) is 10. The van der Waals surface area contributed by atoms with Crippen molar-refractivity contribution < 1.29 is 24.1 Å². The van der Waals surface area contributed by atoms with Gasteiger partial charge in [-0.05, 0) is 33.4 Å². The Bertz CT molecular complexity index is 1130. The minimum Gasteiger partial charge on any atom is -0.481 e. The predicted molar refractivity (Wildman–Crippen MR) is 144 cm³/mol. The van der Waals surface area contributed by atoms with Crippen molar-refractivity contribution in [1.29, 1.82) is 0 Å². The Kier molecular flexibility index (Phi) is 13.3. The molecule has 216 valence electrons. The van der Waals surface area contributed by atoms with Crippen molar-refractivity contribution in [2.24, 2.45) is 0 Å². The van der Waals surface area contributed by atoms with Crippen molar-refractivity contribution in [2.45, 2.75) is 90.8 Å². The summed E-state index contributed by atoms with van der Waals surface area (Å²) in [5.74, 6) is -2.22. The van der Waals surface area contributed by atoms with Crippen LogP contribution < -0.4 is 16.2 Å². The number of aliphatic carboxylic acids is 1. The highest BCUT2D eigenvalue weighted by atomic mass is 16.6. The van der Waals surface area contributed by atoms with Gasteiger partial charge in [0.05, 0.1) is 25.6 Å². The summed E-state index contributed by atoms with van der Waals surface area (Å²) in [4.78, 5) is 56.6.